The Kier molecular flexibility index (Phi) is 3.03. The first-order valence-corrected chi connectivity index (χ1v) is 6.43. The maximum absolute atomic E-state index is 12.0. The van der Waals surface area contributed by atoms with E-state index in [4.69, 9.17) is 15.2 Å². The van der Waals surface area contributed by atoms with Crippen molar-refractivity contribution in [3.05, 3.63) is 41.5 Å². The molecule has 0 radical (unpaired) electrons. The van der Waals surface area contributed by atoms with Gasteiger partial charge in [0.15, 0.2) is 0 Å². The Balaban J connectivity index is 1.94. The number of rotatable bonds is 4. The molecule has 1 aromatic carbocycles. The summed E-state index contributed by atoms with van der Waals surface area (Å²) in [5.41, 5.74) is 8.72. The van der Waals surface area contributed by atoms with E-state index in [0.29, 0.717) is 24.8 Å². The van der Waals surface area contributed by atoms with Crippen molar-refractivity contribution in [1.29, 1.82) is 0 Å². The highest BCUT2D eigenvalue weighted by Crippen LogP contribution is 2.37. The molecular formula is C15H17NO3. The molecule has 3 rings (SSSR count). The molecule has 1 aromatic rings. The van der Waals surface area contributed by atoms with Crippen LogP contribution in [0.25, 0.3) is 0 Å². The van der Waals surface area contributed by atoms with Crippen molar-refractivity contribution in [3.63, 3.8) is 0 Å². The van der Waals surface area contributed by atoms with Crippen molar-refractivity contribution in [2.45, 2.75) is 11.8 Å². The van der Waals surface area contributed by atoms with Crippen LogP contribution in [-0.4, -0.2) is 26.3 Å². The number of ether oxygens (including phenoxy) is 2. The van der Waals surface area contributed by atoms with Crippen molar-refractivity contribution in [1.82, 2.24) is 0 Å². The van der Waals surface area contributed by atoms with Gasteiger partial charge in [-0.05, 0) is 23.3 Å². The fraction of sp³-hybridized carbons (Fsp3) is 0.400. The predicted molar refractivity (Wildman–Crippen MR) is 71.8 cm³/mol. The molecule has 0 amide bonds. The Morgan fingerprint density at radius 3 is 2.63 bits per heavy atom. The van der Waals surface area contributed by atoms with Crippen LogP contribution in [0, 0.1) is 5.92 Å². The molecule has 0 aromatic heterocycles. The Bertz CT molecular complexity index is 528. The molecule has 19 heavy (non-hydrogen) atoms. The minimum absolute atomic E-state index is 0.189. The molecule has 4 nitrogen and oxygen atoms in total. The quantitative estimate of drug-likeness (QED) is 0.509. The first-order valence-electron chi connectivity index (χ1n) is 6.43. The SMILES string of the molecule is COC(=O)C(c1cc(N)cc(C2C=C2)c1)C1COC1. The fourth-order valence-corrected chi connectivity index (χ4v) is 2.53. The van der Waals surface area contributed by atoms with E-state index < -0.39 is 0 Å². The standard InChI is InChI=1S/C15H17NO3/c1-18-15(17)14(12-7-19-8-12)11-4-10(9-2-3-9)5-13(16)6-11/h2-6,9,12,14H,7-8,16H2,1H3. The molecule has 2 aliphatic rings. The molecule has 0 spiro atoms. The summed E-state index contributed by atoms with van der Waals surface area (Å²) in [7, 11) is 1.42. The van der Waals surface area contributed by atoms with Crippen LogP contribution in [0.1, 0.15) is 23.0 Å². The summed E-state index contributed by atoms with van der Waals surface area (Å²) in [5, 5.41) is 0. The number of esters is 1. The highest BCUT2D eigenvalue weighted by atomic mass is 16.5. The predicted octanol–water partition coefficient (Wildman–Crippen LogP) is 1.83. The lowest BCUT2D eigenvalue weighted by atomic mass is 9.83. The lowest BCUT2D eigenvalue weighted by molar-refractivity contribution is -0.149. The number of allylic oxidation sites excluding steroid dienone is 2. The van der Waals surface area contributed by atoms with Gasteiger partial charge in [0.2, 0.25) is 0 Å². The number of nitrogen functional groups attached to an aromatic ring is 1. The van der Waals surface area contributed by atoms with Crippen molar-refractivity contribution >= 4 is 11.7 Å². The highest BCUT2D eigenvalue weighted by Gasteiger charge is 2.36. The zero-order valence-electron chi connectivity index (χ0n) is 10.8. The van der Waals surface area contributed by atoms with E-state index >= 15 is 0 Å². The highest BCUT2D eigenvalue weighted by molar-refractivity contribution is 5.79. The molecule has 1 atom stereocenters. The van der Waals surface area contributed by atoms with Crippen molar-refractivity contribution in [2.75, 3.05) is 26.1 Å². The topological polar surface area (TPSA) is 61.5 Å². The van der Waals surface area contributed by atoms with Gasteiger partial charge in [0, 0.05) is 17.5 Å². The summed E-state index contributed by atoms with van der Waals surface area (Å²) < 4.78 is 10.1. The molecule has 1 saturated heterocycles. The first kappa shape index (κ1) is 12.2. The molecule has 2 N–H and O–H groups in total. The minimum atomic E-state index is -0.278. The lowest BCUT2D eigenvalue weighted by Crippen LogP contribution is -2.37. The van der Waals surface area contributed by atoms with Crippen molar-refractivity contribution in [2.24, 2.45) is 5.92 Å². The fourth-order valence-electron chi connectivity index (χ4n) is 2.53. The first-order chi connectivity index (χ1) is 9.19. The number of hydrogen-bond donors (Lipinski definition) is 1. The van der Waals surface area contributed by atoms with Gasteiger partial charge in [-0.1, -0.05) is 18.2 Å². The van der Waals surface area contributed by atoms with Crippen LogP contribution in [0.5, 0.6) is 0 Å². The molecule has 0 bridgehead atoms. The summed E-state index contributed by atoms with van der Waals surface area (Å²) in [6, 6.07) is 5.88. The van der Waals surface area contributed by atoms with E-state index in [2.05, 4.69) is 18.2 Å². The molecule has 0 saturated carbocycles. The minimum Gasteiger partial charge on any atom is -0.469 e. The van der Waals surface area contributed by atoms with Crippen LogP contribution >= 0.6 is 0 Å². The lowest BCUT2D eigenvalue weighted by Gasteiger charge is -2.32. The summed E-state index contributed by atoms with van der Waals surface area (Å²) in [5.74, 6) is 0.0702. The normalized spacial score (nSPS) is 19.8. The van der Waals surface area contributed by atoms with Gasteiger partial charge in [-0.3, -0.25) is 4.79 Å². The summed E-state index contributed by atoms with van der Waals surface area (Å²) >= 11 is 0. The third-order valence-corrected chi connectivity index (χ3v) is 3.72. The summed E-state index contributed by atoms with van der Waals surface area (Å²) in [6.07, 6.45) is 4.22. The third-order valence-electron chi connectivity index (χ3n) is 3.72. The van der Waals surface area contributed by atoms with E-state index in [0.717, 1.165) is 11.1 Å². The number of carbonyl (C=O) groups excluding carboxylic acids is 1. The second-order valence-corrected chi connectivity index (χ2v) is 5.14. The van der Waals surface area contributed by atoms with Gasteiger partial charge in [-0.15, -0.1) is 0 Å². The molecule has 1 aliphatic carbocycles. The average Bonchev–Trinajstić information content (AvgIpc) is 3.15. The van der Waals surface area contributed by atoms with Gasteiger partial charge < -0.3 is 15.2 Å². The smallest absolute Gasteiger partial charge is 0.313 e. The Morgan fingerprint density at radius 2 is 2.11 bits per heavy atom. The number of carbonyl (C=O) groups is 1. The Morgan fingerprint density at radius 1 is 1.37 bits per heavy atom. The average molecular weight is 259 g/mol. The molecular weight excluding hydrogens is 242 g/mol. The van der Waals surface area contributed by atoms with E-state index in [1.165, 1.54) is 7.11 Å². The second kappa shape index (κ2) is 4.70. The number of anilines is 1. The molecule has 1 heterocycles. The summed E-state index contributed by atoms with van der Waals surface area (Å²) in [4.78, 5) is 12.0. The van der Waals surface area contributed by atoms with Gasteiger partial charge in [-0.25, -0.2) is 0 Å². The number of methoxy groups -OCH3 is 1. The Labute approximate surface area is 112 Å². The monoisotopic (exact) mass is 259 g/mol. The third kappa shape index (κ3) is 2.36. The molecule has 1 aliphatic heterocycles. The van der Waals surface area contributed by atoms with E-state index in [-0.39, 0.29) is 17.8 Å². The zero-order chi connectivity index (χ0) is 13.4. The van der Waals surface area contributed by atoms with Gasteiger partial charge in [0.1, 0.15) is 0 Å². The van der Waals surface area contributed by atoms with E-state index in [1.807, 2.05) is 12.1 Å². The number of benzene rings is 1. The largest absolute Gasteiger partial charge is 0.469 e. The van der Waals surface area contributed by atoms with Gasteiger partial charge in [0.25, 0.3) is 0 Å². The van der Waals surface area contributed by atoms with Crippen molar-refractivity contribution in [3.8, 4) is 0 Å². The maximum Gasteiger partial charge on any atom is 0.313 e. The molecule has 1 unspecified atom stereocenters. The molecule has 100 valence electrons. The van der Waals surface area contributed by atoms with Crippen LogP contribution in [0.15, 0.2) is 30.4 Å². The maximum atomic E-state index is 12.0. The van der Waals surface area contributed by atoms with Crippen LogP contribution in [0.2, 0.25) is 0 Å². The van der Waals surface area contributed by atoms with E-state index in [9.17, 15) is 4.79 Å². The van der Waals surface area contributed by atoms with Crippen LogP contribution in [-0.2, 0) is 14.3 Å². The summed E-state index contributed by atoms with van der Waals surface area (Å²) in [6.45, 7) is 1.21. The molecule has 4 heteroatoms. The van der Waals surface area contributed by atoms with Crippen LogP contribution in [0.4, 0.5) is 5.69 Å². The second-order valence-electron chi connectivity index (χ2n) is 5.14. The van der Waals surface area contributed by atoms with E-state index in [1.54, 1.807) is 0 Å². The van der Waals surface area contributed by atoms with Gasteiger partial charge >= 0.3 is 5.97 Å². The van der Waals surface area contributed by atoms with Gasteiger partial charge in [0.05, 0.1) is 26.2 Å². The van der Waals surface area contributed by atoms with Crippen molar-refractivity contribution < 1.29 is 14.3 Å². The molecule has 1 fully saturated rings. The van der Waals surface area contributed by atoms with Crippen LogP contribution < -0.4 is 5.73 Å². The van der Waals surface area contributed by atoms with Crippen LogP contribution in [0.3, 0.4) is 0 Å². The Hall–Kier alpha value is -1.81. The van der Waals surface area contributed by atoms with Gasteiger partial charge in [-0.2, -0.15) is 0 Å². The number of hydrogen-bond acceptors (Lipinski definition) is 4. The zero-order valence-corrected chi connectivity index (χ0v) is 10.8. The number of nitrogens with two attached hydrogens (primary N) is 1.